The highest BCUT2D eigenvalue weighted by Gasteiger charge is 2.77. The lowest BCUT2D eigenvalue weighted by molar-refractivity contribution is -0.155. The molecule has 1 aromatic carbocycles. The predicted molar refractivity (Wildman–Crippen MR) is 128 cm³/mol. The monoisotopic (exact) mass is 536 g/mol. The van der Waals surface area contributed by atoms with Crippen LogP contribution < -0.4 is 5.32 Å². The molecule has 4 rings (SSSR count). The Morgan fingerprint density at radius 2 is 2.00 bits per heavy atom. The van der Waals surface area contributed by atoms with Gasteiger partial charge in [-0.3, -0.25) is 14.4 Å². The highest BCUT2D eigenvalue weighted by atomic mass is 79.9. The van der Waals surface area contributed by atoms with Crippen molar-refractivity contribution < 1.29 is 29.0 Å². The number of halogens is 1. The third-order valence-electron chi connectivity index (χ3n) is 6.95. The lowest BCUT2D eigenvalue weighted by atomic mass is 9.70. The van der Waals surface area contributed by atoms with Gasteiger partial charge in [-0.2, -0.15) is 0 Å². The minimum absolute atomic E-state index is 0.188. The molecular weight excluding hydrogens is 504 g/mol. The van der Waals surface area contributed by atoms with E-state index in [-0.39, 0.29) is 29.9 Å². The molecule has 186 valence electrons. The van der Waals surface area contributed by atoms with E-state index >= 15 is 0 Å². The van der Waals surface area contributed by atoms with Crippen molar-refractivity contribution in [3.8, 4) is 0 Å². The number of carbonyl (C=O) groups is 3. The number of benzene rings is 1. The topological polar surface area (TPSA) is 105 Å². The van der Waals surface area contributed by atoms with Crippen molar-refractivity contribution in [3.63, 3.8) is 0 Å². The van der Waals surface area contributed by atoms with Gasteiger partial charge in [0.05, 0.1) is 37.2 Å². The number of aliphatic hydroxyl groups is 1. The van der Waals surface area contributed by atoms with Crippen molar-refractivity contribution in [1.29, 1.82) is 0 Å². The number of rotatable bonds is 7. The van der Waals surface area contributed by atoms with Gasteiger partial charge in [0.25, 0.3) is 0 Å². The van der Waals surface area contributed by atoms with Gasteiger partial charge in [0.2, 0.25) is 11.8 Å². The molecule has 0 aromatic heterocycles. The summed E-state index contributed by atoms with van der Waals surface area (Å²) in [7, 11) is 0. The minimum Gasteiger partial charge on any atom is -0.466 e. The number of carbonyl (C=O) groups excluding carboxylic acids is 3. The van der Waals surface area contributed by atoms with Gasteiger partial charge in [0.1, 0.15) is 11.6 Å². The van der Waals surface area contributed by atoms with E-state index < -0.39 is 47.1 Å². The molecule has 0 radical (unpaired) electrons. The van der Waals surface area contributed by atoms with E-state index in [0.717, 1.165) is 5.56 Å². The van der Waals surface area contributed by atoms with Gasteiger partial charge in [-0.1, -0.05) is 46.3 Å². The summed E-state index contributed by atoms with van der Waals surface area (Å²) < 4.78 is 11.7. The Bertz CT molecular complexity index is 950. The van der Waals surface area contributed by atoms with E-state index in [1.54, 1.807) is 6.92 Å². The smallest absolute Gasteiger partial charge is 0.312 e. The summed E-state index contributed by atoms with van der Waals surface area (Å²) >= 11 is 3.63. The lowest BCUT2D eigenvalue weighted by Gasteiger charge is -2.38. The van der Waals surface area contributed by atoms with Gasteiger partial charge in [-0.25, -0.2) is 0 Å². The fourth-order valence-electron chi connectivity index (χ4n) is 5.84. The molecule has 0 saturated carbocycles. The molecule has 9 heteroatoms. The first-order valence-electron chi connectivity index (χ1n) is 11.8. The summed E-state index contributed by atoms with van der Waals surface area (Å²) in [6.07, 6.45) is 0.226. The number of likely N-dealkylation sites (tertiary alicyclic amines) is 1. The van der Waals surface area contributed by atoms with Crippen molar-refractivity contribution in [3.05, 3.63) is 35.9 Å². The molecule has 8 nitrogen and oxygen atoms in total. The van der Waals surface area contributed by atoms with Crippen molar-refractivity contribution in [1.82, 2.24) is 10.2 Å². The third-order valence-corrected chi connectivity index (χ3v) is 7.80. The molecule has 2 amide bonds. The van der Waals surface area contributed by atoms with Gasteiger partial charge < -0.3 is 24.8 Å². The number of ether oxygens (including phenoxy) is 2. The van der Waals surface area contributed by atoms with Crippen LogP contribution in [0, 0.1) is 11.8 Å². The zero-order chi connectivity index (χ0) is 24.8. The van der Waals surface area contributed by atoms with Crippen LogP contribution in [-0.4, -0.2) is 75.2 Å². The number of nitrogens with one attached hydrogen (secondary N) is 1. The molecule has 7 atom stereocenters. The molecule has 3 aliphatic heterocycles. The zero-order valence-corrected chi connectivity index (χ0v) is 21.6. The second-order valence-electron chi connectivity index (χ2n) is 10.4. The number of hydrogen-bond donors (Lipinski definition) is 2. The average molecular weight is 537 g/mol. The molecule has 3 heterocycles. The fraction of sp³-hybridized carbons (Fsp3) is 0.640. The molecule has 1 aromatic rings. The van der Waals surface area contributed by atoms with Crippen LogP contribution in [0.5, 0.6) is 0 Å². The lowest BCUT2D eigenvalue weighted by Crippen LogP contribution is -2.60. The molecule has 2 bridgehead atoms. The first-order chi connectivity index (χ1) is 16.0. The van der Waals surface area contributed by atoms with E-state index in [0.29, 0.717) is 12.8 Å². The fourth-order valence-corrected chi connectivity index (χ4v) is 6.79. The summed E-state index contributed by atoms with van der Waals surface area (Å²) in [6.45, 7) is 7.20. The largest absolute Gasteiger partial charge is 0.466 e. The number of hydrogen-bond acceptors (Lipinski definition) is 6. The summed E-state index contributed by atoms with van der Waals surface area (Å²) in [4.78, 5) is 42.0. The van der Waals surface area contributed by atoms with Crippen LogP contribution in [0.1, 0.15) is 39.7 Å². The standard InChI is InChI=1S/C25H33BrN2O6/c1-5-33-23(32)17-18-22(31)28(15(13-29)11-14-9-7-6-8-10-14)20(21(30)27-24(2,3)4)25(18)12-16(26)19(17)34-25/h6-10,15-20,29H,5,11-13H2,1-4H3,(H,27,30)/t15-,16?,17+,18+,19+,20?,25?/m1/s1. The highest BCUT2D eigenvalue weighted by Crippen LogP contribution is 2.60. The Morgan fingerprint density at radius 3 is 2.59 bits per heavy atom. The Balaban J connectivity index is 1.78. The number of alkyl halides is 1. The van der Waals surface area contributed by atoms with Crippen LogP contribution in [0.3, 0.4) is 0 Å². The summed E-state index contributed by atoms with van der Waals surface area (Å²) in [6, 6.07) is 7.90. The first kappa shape index (κ1) is 25.1. The number of fused-ring (bicyclic) bond motifs is 1. The number of nitrogens with zero attached hydrogens (tertiary/aromatic N) is 1. The van der Waals surface area contributed by atoms with Crippen LogP contribution in [0.2, 0.25) is 0 Å². The van der Waals surface area contributed by atoms with Gasteiger partial charge in [0, 0.05) is 10.4 Å². The van der Waals surface area contributed by atoms with Gasteiger partial charge in [-0.05, 0) is 46.1 Å². The van der Waals surface area contributed by atoms with Gasteiger partial charge in [-0.15, -0.1) is 0 Å². The van der Waals surface area contributed by atoms with Crippen LogP contribution in [-0.2, 0) is 30.3 Å². The van der Waals surface area contributed by atoms with Crippen LogP contribution >= 0.6 is 15.9 Å². The van der Waals surface area contributed by atoms with E-state index in [1.165, 1.54) is 4.90 Å². The summed E-state index contributed by atoms with van der Waals surface area (Å²) in [5.74, 6) is -2.83. The third kappa shape index (κ3) is 4.16. The maximum atomic E-state index is 14.0. The van der Waals surface area contributed by atoms with Crippen LogP contribution in [0.25, 0.3) is 0 Å². The summed E-state index contributed by atoms with van der Waals surface area (Å²) in [5, 5.41) is 13.4. The SMILES string of the molecule is CCOC(=O)[C@H]1[C@H]2C(=O)N([C@@H](CO)Cc3ccccc3)C(C(=O)NC(C)(C)C)C23CC(Br)[C@@H]1O3. The number of amides is 2. The Morgan fingerprint density at radius 1 is 1.32 bits per heavy atom. The normalized spacial score (nSPS) is 33.1. The maximum Gasteiger partial charge on any atom is 0.312 e. The molecule has 0 aliphatic carbocycles. The molecule has 1 spiro atoms. The van der Waals surface area contributed by atoms with Crippen molar-refractivity contribution >= 4 is 33.7 Å². The second-order valence-corrected chi connectivity index (χ2v) is 11.6. The molecule has 2 N–H and O–H groups in total. The van der Waals surface area contributed by atoms with Crippen molar-refractivity contribution in [2.45, 2.75) is 74.7 Å². The van der Waals surface area contributed by atoms with E-state index in [9.17, 15) is 19.5 Å². The van der Waals surface area contributed by atoms with E-state index in [4.69, 9.17) is 9.47 Å². The Hall–Kier alpha value is -1.97. The highest BCUT2D eigenvalue weighted by molar-refractivity contribution is 9.09. The zero-order valence-electron chi connectivity index (χ0n) is 20.0. The number of aliphatic hydroxyl groups excluding tert-OH is 1. The maximum absolute atomic E-state index is 14.0. The van der Waals surface area contributed by atoms with E-state index in [1.807, 2.05) is 51.1 Å². The molecule has 34 heavy (non-hydrogen) atoms. The first-order valence-corrected chi connectivity index (χ1v) is 12.7. The molecule has 3 fully saturated rings. The summed E-state index contributed by atoms with van der Waals surface area (Å²) in [5.41, 5.74) is -0.781. The number of esters is 1. The van der Waals surface area contributed by atoms with Crippen LogP contribution in [0.15, 0.2) is 30.3 Å². The average Bonchev–Trinajstić information content (AvgIpc) is 3.35. The molecule has 3 saturated heterocycles. The Labute approximate surface area is 208 Å². The second kappa shape index (κ2) is 9.24. The Kier molecular flexibility index (Phi) is 6.83. The van der Waals surface area contributed by atoms with Crippen LogP contribution in [0.4, 0.5) is 0 Å². The molecule has 3 unspecified atom stereocenters. The van der Waals surface area contributed by atoms with E-state index in [2.05, 4.69) is 21.2 Å². The quantitative estimate of drug-likeness (QED) is 0.406. The van der Waals surface area contributed by atoms with Crippen molar-refractivity contribution in [2.75, 3.05) is 13.2 Å². The molecular formula is C25H33BrN2O6. The van der Waals surface area contributed by atoms with Gasteiger partial charge in [0.15, 0.2) is 0 Å². The van der Waals surface area contributed by atoms with Crippen molar-refractivity contribution in [2.24, 2.45) is 11.8 Å². The molecule has 3 aliphatic rings. The van der Waals surface area contributed by atoms with Gasteiger partial charge >= 0.3 is 5.97 Å². The predicted octanol–water partition coefficient (Wildman–Crippen LogP) is 1.82. The minimum atomic E-state index is -1.17.